The molecule has 0 heterocycles. The number of rotatable bonds is 17. The van der Waals surface area contributed by atoms with Crippen LogP contribution in [-0.2, 0) is 9.47 Å². The summed E-state index contributed by atoms with van der Waals surface area (Å²) in [7, 11) is 0. The van der Waals surface area contributed by atoms with E-state index in [1.807, 2.05) is 6.92 Å². The third kappa shape index (κ3) is 11.4. The molecular formula is C26H42O4. The molecule has 0 aliphatic heterocycles. The van der Waals surface area contributed by atoms with Gasteiger partial charge in [0.25, 0.3) is 0 Å². The Labute approximate surface area is 183 Å². The highest BCUT2D eigenvalue weighted by molar-refractivity contribution is 5.93. The van der Waals surface area contributed by atoms with Crippen LogP contribution in [0.2, 0.25) is 0 Å². The number of esters is 2. The summed E-state index contributed by atoms with van der Waals surface area (Å²) < 4.78 is 10.9. The van der Waals surface area contributed by atoms with Crippen LogP contribution in [0.4, 0.5) is 0 Å². The summed E-state index contributed by atoms with van der Waals surface area (Å²) in [4.78, 5) is 24.5. The van der Waals surface area contributed by atoms with E-state index < -0.39 is 0 Å². The average Bonchev–Trinajstić information content (AvgIpc) is 2.77. The molecule has 0 amide bonds. The number of carbonyl (C=O) groups excluding carboxylic acids is 2. The standard InChI is InChI=1S/C26H42O4/c1-4-7-9-10-11-12-13-14-15-21-29-25(27)22-17-19-23(20-18-22)26(28)30-24(6-3)16-8-5-2/h17-20,24H,4-16,21H2,1-3H3. The first kappa shape index (κ1) is 26.2. The molecule has 30 heavy (non-hydrogen) atoms. The molecule has 170 valence electrons. The van der Waals surface area contributed by atoms with E-state index in [0.29, 0.717) is 17.7 Å². The van der Waals surface area contributed by atoms with E-state index in [9.17, 15) is 9.59 Å². The van der Waals surface area contributed by atoms with Gasteiger partial charge in [0.05, 0.1) is 17.7 Å². The lowest BCUT2D eigenvalue weighted by molar-refractivity contribution is 0.0267. The van der Waals surface area contributed by atoms with Crippen molar-refractivity contribution in [1.29, 1.82) is 0 Å². The van der Waals surface area contributed by atoms with Gasteiger partial charge in [0, 0.05) is 0 Å². The van der Waals surface area contributed by atoms with Gasteiger partial charge in [-0.15, -0.1) is 0 Å². The summed E-state index contributed by atoms with van der Waals surface area (Å²) in [5.74, 6) is -0.656. The maximum Gasteiger partial charge on any atom is 0.338 e. The number of ether oxygens (including phenoxy) is 2. The van der Waals surface area contributed by atoms with Crippen molar-refractivity contribution in [3.63, 3.8) is 0 Å². The van der Waals surface area contributed by atoms with Crippen molar-refractivity contribution in [3.8, 4) is 0 Å². The predicted molar refractivity (Wildman–Crippen MR) is 123 cm³/mol. The summed E-state index contributed by atoms with van der Waals surface area (Å²) in [6.45, 7) is 6.84. The summed E-state index contributed by atoms with van der Waals surface area (Å²) >= 11 is 0. The van der Waals surface area contributed by atoms with Gasteiger partial charge in [0.15, 0.2) is 0 Å². The molecule has 0 saturated heterocycles. The highest BCUT2D eigenvalue weighted by atomic mass is 16.5. The normalized spacial score (nSPS) is 11.8. The summed E-state index contributed by atoms with van der Waals surface area (Å²) in [6, 6.07) is 6.57. The topological polar surface area (TPSA) is 52.6 Å². The molecule has 0 aliphatic rings. The Morgan fingerprint density at radius 2 is 1.20 bits per heavy atom. The first-order valence-electron chi connectivity index (χ1n) is 12.1. The van der Waals surface area contributed by atoms with Gasteiger partial charge in [-0.3, -0.25) is 0 Å². The first-order valence-corrected chi connectivity index (χ1v) is 12.1. The molecule has 1 aromatic rings. The number of hydrogen-bond acceptors (Lipinski definition) is 4. The molecule has 1 rings (SSSR count). The molecule has 1 unspecified atom stereocenters. The fourth-order valence-corrected chi connectivity index (χ4v) is 3.40. The molecule has 1 atom stereocenters. The lowest BCUT2D eigenvalue weighted by atomic mass is 10.1. The van der Waals surface area contributed by atoms with Gasteiger partial charge in [0.2, 0.25) is 0 Å². The molecule has 0 radical (unpaired) electrons. The van der Waals surface area contributed by atoms with E-state index in [1.54, 1.807) is 24.3 Å². The van der Waals surface area contributed by atoms with Crippen molar-refractivity contribution < 1.29 is 19.1 Å². The van der Waals surface area contributed by atoms with E-state index in [1.165, 1.54) is 44.9 Å². The van der Waals surface area contributed by atoms with Crippen molar-refractivity contribution in [1.82, 2.24) is 0 Å². The molecule has 4 nitrogen and oxygen atoms in total. The number of benzene rings is 1. The van der Waals surface area contributed by atoms with E-state index >= 15 is 0 Å². The fourth-order valence-electron chi connectivity index (χ4n) is 3.40. The smallest absolute Gasteiger partial charge is 0.338 e. The van der Waals surface area contributed by atoms with Gasteiger partial charge in [-0.25, -0.2) is 9.59 Å². The van der Waals surface area contributed by atoms with Crippen LogP contribution in [-0.4, -0.2) is 24.6 Å². The largest absolute Gasteiger partial charge is 0.462 e. The van der Waals surface area contributed by atoms with Gasteiger partial charge in [-0.05, 0) is 43.5 Å². The Bertz CT molecular complexity index is 579. The summed E-state index contributed by atoms with van der Waals surface area (Å²) in [6.07, 6.45) is 14.9. The fraction of sp³-hybridized carbons (Fsp3) is 0.692. The van der Waals surface area contributed by atoms with Gasteiger partial charge >= 0.3 is 11.9 Å². The highest BCUT2D eigenvalue weighted by Crippen LogP contribution is 2.14. The molecule has 0 aliphatic carbocycles. The zero-order valence-corrected chi connectivity index (χ0v) is 19.4. The van der Waals surface area contributed by atoms with Crippen LogP contribution < -0.4 is 0 Å². The second-order valence-corrected chi connectivity index (χ2v) is 8.12. The maximum absolute atomic E-state index is 12.3. The molecule has 0 bridgehead atoms. The second-order valence-electron chi connectivity index (χ2n) is 8.12. The van der Waals surface area contributed by atoms with Crippen molar-refractivity contribution in [2.75, 3.05) is 6.61 Å². The van der Waals surface area contributed by atoms with Crippen LogP contribution in [0.5, 0.6) is 0 Å². The Kier molecular flexibility index (Phi) is 14.8. The lowest BCUT2D eigenvalue weighted by Gasteiger charge is -2.15. The SMILES string of the molecule is CCCCCCCCCCCOC(=O)c1ccc(C(=O)OC(CC)CCCC)cc1. The van der Waals surface area contributed by atoms with Gasteiger partial charge in [-0.2, -0.15) is 0 Å². The van der Waals surface area contributed by atoms with Crippen LogP contribution in [0.15, 0.2) is 24.3 Å². The van der Waals surface area contributed by atoms with Crippen LogP contribution in [0.3, 0.4) is 0 Å². The molecule has 1 aromatic carbocycles. The maximum atomic E-state index is 12.3. The molecule has 0 spiro atoms. The molecule has 0 N–H and O–H groups in total. The molecule has 0 saturated carbocycles. The third-order valence-corrected chi connectivity index (χ3v) is 5.45. The van der Waals surface area contributed by atoms with Crippen LogP contribution in [0.1, 0.15) is 125 Å². The van der Waals surface area contributed by atoms with Crippen molar-refractivity contribution >= 4 is 11.9 Å². The Morgan fingerprint density at radius 3 is 1.73 bits per heavy atom. The quantitative estimate of drug-likeness (QED) is 0.194. The summed E-state index contributed by atoms with van der Waals surface area (Å²) in [5.41, 5.74) is 0.945. The van der Waals surface area contributed by atoms with E-state index in [2.05, 4.69) is 13.8 Å². The zero-order chi connectivity index (χ0) is 22.0. The third-order valence-electron chi connectivity index (χ3n) is 5.45. The van der Waals surface area contributed by atoms with E-state index in [-0.39, 0.29) is 18.0 Å². The van der Waals surface area contributed by atoms with Crippen LogP contribution >= 0.6 is 0 Å². The number of carbonyl (C=O) groups is 2. The monoisotopic (exact) mass is 418 g/mol. The van der Waals surface area contributed by atoms with Crippen molar-refractivity contribution in [2.24, 2.45) is 0 Å². The minimum atomic E-state index is -0.330. The predicted octanol–water partition coefficient (Wildman–Crippen LogP) is 7.50. The van der Waals surface area contributed by atoms with Crippen molar-refractivity contribution in [3.05, 3.63) is 35.4 Å². The number of unbranched alkanes of at least 4 members (excludes halogenated alkanes) is 9. The minimum absolute atomic E-state index is 0.0431. The first-order chi connectivity index (χ1) is 14.6. The molecular weight excluding hydrogens is 376 g/mol. The average molecular weight is 419 g/mol. The van der Waals surface area contributed by atoms with Crippen LogP contribution in [0.25, 0.3) is 0 Å². The second kappa shape index (κ2) is 16.9. The van der Waals surface area contributed by atoms with Crippen LogP contribution in [0, 0.1) is 0 Å². The molecule has 0 fully saturated rings. The van der Waals surface area contributed by atoms with Gasteiger partial charge in [0.1, 0.15) is 6.10 Å². The Hall–Kier alpha value is -1.84. The highest BCUT2D eigenvalue weighted by Gasteiger charge is 2.15. The zero-order valence-electron chi connectivity index (χ0n) is 19.4. The van der Waals surface area contributed by atoms with Gasteiger partial charge < -0.3 is 9.47 Å². The van der Waals surface area contributed by atoms with E-state index in [4.69, 9.17) is 9.47 Å². The Morgan fingerprint density at radius 1 is 0.700 bits per heavy atom. The van der Waals surface area contributed by atoms with Gasteiger partial charge in [-0.1, -0.05) is 85.0 Å². The van der Waals surface area contributed by atoms with Crippen molar-refractivity contribution in [2.45, 2.75) is 110 Å². The molecule has 0 aromatic heterocycles. The van der Waals surface area contributed by atoms with E-state index in [0.717, 1.165) is 38.5 Å². The molecule has 4 heteroatoms. The number of hydrogen-bond donors (Lipinski definition) is 0. The Balaban J connectivity index is 2.25. The lowest BCUT2D eigenvalue weighted by Crippen LogP contribution is -2.17. The summed E-state index contributed by atoms with van der Waals surface area (Å²) in [5, 5.41) is 0. The minimum Gasteiger partial charge on any atom is -0.462 e.